The Morgan fingerprint density at radius 3 is 2.67 bits per heavy atom. The van der Waals surface area contributed by atoms with Crippen molar-refractivity contribution in [1.82, 2.24) is 20.1 Å². The first kappa shape index (κ1) is 27.0. The van der Waals surface area contributed by atoms with Gasteiger partial charge in [-0.2, -0.15) is 0 Å². The van der Waals surface area contributed by atoms with E-state index in [9.17, 15) is 13.6 Å². The van der Waals surface area contributed by atoms with Gasteiger partial charge in [0.05, 0.1) is 6.42 Å². The largest absolute Gasteiger partial charge is 0.471 e. The average Bonchev–Trinajstić information content (AvgIpc) is 3.11. The monoisotopic (exact) mass is 524 g/mol. The van der Waals surface area contributed by atoms with Gasteiger partial charge >= 0.3 is 0 Å². The Morgan fingerprint density at radius 2 is 1.97 bits per heavy atom. The second kappa shape index (κ2) is 11.5. The van der Waals surface area contributed by atoms with E-state index in [1.807, 2.05) is 13.0 Å². The minimum atomic E-state index is -2.90. The zero-order valence-electron chi connectivity index (χ0n) is 21.1. The Morgan fingerprint density at radius 1 is 1.22 bits per heavy atom. The van der Waals surface area contributed by atoms with Gasteiger partial charge in [0.1, 0.15) is 21.5 Å². The fourth-order valence-corrected chi connectivity index (χ4v) is 5.83. The number of aryl methyl sites for hydroxylation is 1. The molecule has 4 rings (SSSR count). The lowest BCUT2D eigenvalue weighted by atomic mass is 9.76. The second-order valence-corrected chi connectivity index (χ2v) is 11.7. The van der Waals surface area contributed by atoms with Gasteiger partial charge < -0.3 is 9.64 Å². The maximum atomic E-state index is 15.6. The summed E-state index contributed by atoms with van der Waals surface area (Å²) >= 11 is 1.45. The molecular formula is C26H35F3N4O2S. The van der Waals surface area contributed by atoms with E-state index in [1.165, 1.54) is 11.3 Å². The number of rotatable bonds is 10. The third-order valence-electron chi connectivity index (χ3n) is 7.19. The number of nitrogens with zero attached hydrogens (tertiary/aromatic N) is 4. The molecule has 0 unspecified atom stereocenters. The summed E-state index contributed by atoms with van der Waals surface area (Å²) in [6.45, 7) is 4.25. The average molecular weight is 525 g/mol. The first-order chi connectivity index (χ1) is 17.1. The van der Waals surface area contributed by atoms with E-state index in [2.05, 4.69) is 20.1 Å². The molecule has 2 aromatic rings. The van der Waals surface area contributed by atoms with Crippen LogP contribution in [0.15, 0.2) is 12.1 Å². The van der Waals surface area contributed by atoms with Crippen LogP contribution in [0.2, 0.25) is 0 Å². The highest BCUT2D eigenvalue weighted by atomic mass is 32.1. The second-order valence-electron chi connectivity index (χ2n) is 10.4. The van der Waals surface area contributed by atoms with Crippen LogP contribution in [-0.2, 0) is 24.1 Å². The van der Waals surface area contributed by atoms with Gasteiger partial charge in [-0.05, 0) is 56.9 Å². The summed E-state index contributed by atoms with van der Waals surface area (Å²) in [6.07, 6.45) is 5.28. The highest BCUT2D eigenvalue weighted by Gasteiger charge is 2.36. The number of carbonyl (C=O) groups excluding carboxylic acids is 1. The summed E-state index contributed by atoms with van der Waals surface area (Å²) in [7, 11) is 0. The summed E-state index contributed by atoms with van der Waals surface area (Å²) in [5.41, 5.74) is 0.787. The van der Waals surface area contributed by atoms with Gasteiger partial charge in [-0.15, -0.1) is 21.5 Å². The van der Waals surface area contributed by atoms with Crippen molar-refractivity contribution in [3.63, 3.8) is 0 Å². The SMILES string of the molecule is Cc1nnc(CC(=O)CC2CCC(F)(CCN3CCc4ccc(OCC(C)(F)F)nc4CC3)CC2)s1. The van der Waals surface area contributed by atoms with Crippen molar-refractivity contribution >= 4 is 17.1 Å². The molecule has 0 saturated heterocycles. The maximum Gasteiger partial charge on any atom is 0.278 e. The van der Waals surface area contributed by atoms with Crippen molar-refractivity contribution in [1.29, 1.82) is 0 Å². The molecule has 0 radical (unpaired) electrons. The fraction of sp³-hybridized carbons (Fsp3) is 0.692. The smallest absolute Gasteiger partial charge is 0.278 e. The number of Topliss-reactive ketones (excluding diaryl/α,β-unsaturated/α-hetero) is 1. The number of halogens is 3. The van der Waals surface area contributed by atoms with Crippen molar-refractivity contribution in [2.75, 3.05) is 26.2 Å². The number of pyridine rings is 1. The third kappa shape index (κ3) is 7.96. The molecule has 2 aromatic heterocycles. The molecule has 10 heteroatoms. The molecule has 198 valence electrons. The number of carbonyl (C=O) groups is 1. The molecule has 1 saturated carbocycles. The molecule has 0 amide bonds. The normalized spacial score (nSPS) is 23.2. The minimum Gasteiger partial charge on any atom is -0.471 e. The third-order valence-corrected chi connectivity index (χ3v) is 8.03. The van der Waals surface area contributed by atoms with Crippen LogP contribution in [0, 0.1) is 12.8 Å². The van der Waals surface area contributed by atoms with E-state index in [4.69, 9.17) is 4.74 Å². The molecule has 0 spiro atoms. The molecule has 0 atom stereocenters. The Bertz CT molecular complexity index is 1030. The van der Waals surface area contributed by atoms with Gasteiger partial charge in [-0.1, -0.05) is 6.07 Å². The van der Waals surface area contributed by atoms with Gasteiger partial charge in [0.2, 0.25) is 5.88 Å². The van der Waals surface area contributed by atoms with Crippen LogP contribution in [-0.4, -0.2) is 63.7 Å². The van der Waals surface area contributed by atoms with Crippen molar-refractivity contribution in [3.05, 3.63) is 33.4 Å². The molecule has 3 heterocycles. The number of hydrogen-bond donors (Lipinski definition) is 0. The van der Waals surface area contributed by atoms with Crippen LogP contribution in [0.4, 0.5) is 13.2 Å². The van der Waals surface area contributed by atoms with E-state index < -0.39 is 18.2 Å². The van der Waals surface area contributed by atoms with Gasteiger partial charge in [-0.25, -0.2) is 18.2 Å². The first-order valence-corrected chi connectivity index (χ1v) is 13.6. The van der Waals surface area contributed by atoms with Crippen molar-refractivity contribution in [3.8, 4) is 5.88 Å². The van der Waals surface area contributed by atoms with Crippen molar-refractivity contribution in [2.45, 2.75) is 83.2 Å². The predicted molar refractivity (Wildman–Crippen MR) is 133 cm³/mol. The lowest BCUT2D eigenvalue weighted by Crippen LogP contribution is -2.36. The van der Waals surface area contributed by atoms with E-state index in [1.54, 1.807) is 6.07 Å². The Labute approximate surface area is 214 Å². The molecule has 0 bridgehead atoms. The molecule has 1 aliphatic heterocycles. The fourth-order valence-electron chi connectivity index (χ4n) is 5.09. The van der Waals surface area contributed by atoms with Crippen LogP contribution in [0.25, 0.3) is 0 Å². The molecule has 6 nitrogen and oxygen atoms in total. The molecule has 36 heavy (non-hydrogen) atoms. The summed E-state index contributed by atoms with van der Waals surface area (Å²) in [6, 6.07) is 3.55. The molecule has 1 fully saturated rings. The topological polar surface area (TPSA) is 68.2 Å². The number of ketones is 1. The maximum absolute atomic E-state index is 15.6. The zero-order valence-corrected chi connectivity index (χ0v) is 21.9. The zero-order chi connectivity index (χ0) is 25.8. The lowest BCUT2D eigenvalue weighted by Gasteiger charge is -2.35. The summed E-state index contributed by atoms with van der Waals surface area (Å²) in [5, 5.41) is 9.61. The van der Waals surface area contributed by atoms with Crippen LogP contribution < -0.4 is 4.74 Å². The Kier molecular flexibility index (Phi) is 8.65. The molecule has 0 N–H and O–H groups in total. The summed E-state index contributed by atoms with van der Waals surface area (Å²) < 4.78 is 46.9. The molecule has 2 aliphatic rings. The van der Waals surface area contributed by atoms with Crippen LogP contribution >= 0.6 is 11.3 Å². The van der Waals surface area contributed by atoms with E-state index in [0.717, 1.165) is 60.5 Å². The van der Waals surface area contributed by atoms with E-state index >= 15 is 4.39 Å². The van der Waals surface area contributed by atoms with Gasteiger partial charge in [0, 0.05) is 51.2 Å². The van der Waals surface area contributed by atoms with Gasteiger partial charge in [-0.3, -0.25) is 4.79 Å². The predicted octanol–water partition coefficient (Wildman–Crippen LogP) is 5.17. The van der Waals surface area contributed by atoms with Crippen LogP contribution in [0.1, 0.15) is 66.7 Å². The van der Waals surface area contributed by atoms with Gasteiger partial charge in [0.25, 0.3) is 5.92 Å². The number of alkyl halides is 3. The lowest BCUT2D eigenvalue weighted by molar-refractivity contribution is -0.119. The van der Waals surface area contributed by atoms with E-state index in [0.29, 0.717) is 45.1 Å². The van der Waals surface area contributed by atoms with Crippen molar-refractivity contribution < 1.29 is 22.7 Å². The summed E-state index contributed by atoms with van der Waals surface area (Å²) in [4.78, 5) is 19.1. The quantitative estimate of drug-likeness (QED) is 0.427. The Hall–Kier alpha value is -2.07. The standard InChI is InChI=1S/C26H35F3N4O2S/c1-18-31-32-24(36-18)16-21(34)15-19-5-9-26(29,10-6-19)11-14-33-12-7-20-3-4-23(30-22(20)8-13-33)35-17-25(2,27)28/h3-4,19H,5-17H2,1-2H3. The highest BCUT2D eigenvalue weighted by Crippen LogP contribution is 2.39. The number of ether oxygens (including phenoxy) is 1. The van der Waals surface area contributed by atoms with E-state index in [-0.39, 0.29) is 17.6 Å². The Balaban J connectivity index is 1.19. The highest BCUT2D eigenvalue weighted by molar-refractivity contribution is 7.11. The molecule has 1 aliphatic carbocycles. The minimum absolute atomic E-state index is 0.164. The van der Waals surface area contributed by atoms with Crippen molar-refractivity contribution in [2.24, 2.45) is 5.92 Å². The number of hydrogen-bond acceptors (Lipinski definition) is 7. The van der Waals surface area contributed by atoms with Crippen LogP contribution in [0.3, 0.4) is 0 Å². The van der Waals surface area contributed by atoms with Crippen LogP contribution in [0.5, 0.6) is 5.88 Å². The molecular weight excluding hydrogens is 489 g/mol. The van der Waals surface area contributed by atoms with Gasteiger partial charge in [0.15, 0.2) is 6.61 Å². The number of aromatic nitrogens is 3. The summed E-state index contributed by atoms with van der Waals surface area (Å²) in [5.74, 6) is -2.27. The first-order valence-electron chi connectivity index (χ1n) is 12.8. The molecule has 0 aromatic carbocycles. The number of fused-ring (bicyclic) bond motifs is 1.